The Labute approximate surface area is 138 Å². The van der Waals surface area contributed by atoms with Gasteiger partial charge in [-0.3, -0.25) is 4.90 Å². The second-order valence-corrected chi connectivity index (χ2v) is 5.78. The molecular weight excluding hydrogens is 320 g/mol. The number of nitrogens with zero attached hydrogens (tertiary/aromatic N) is 2. The second kappa shape index (κ2) is 7.06. The summed E-state index contributed by atoms with van der Waals surface area (Å²) in [6.45, 7) is 3.95. The molecule has 0 saturated carbocycles. The van der Waals surface area contributed by atoms with Crippen molar-refractivity contribution in [1.82, 2.24) is 9.80 Å². The number of benzene rings is 1. The quantitative estimate of drug-likeness (QED) is 0.870. The molecule has 0 bridgehead atoms. The topological polar surface area (TPSA) is 31.6 Å². The third-order valence-electron chi connectivity index (χ3n) is 3.79. The van der Waals surface area contributed by atoms with Gasteiger partial charge in [0.05, 0.1) is 18.5 Å². The van der Waals surface area contributed by atoms with E-state index < -0.39 is 11.6 Å². The SMILES string of the molecule is Fc1ccc(NC(=S)N2CCN(Cc3ccco3)CC2)c(F)c1. The van der Waals surface area contributed by atoms with Gasteiger partial charge in [0, 0.05) is 32.2 Å². The Morgan fingerprint density at radius 1 is 1.17 bits per heavy atom. The fourth-order valence-electron chi connectivity index (χ4n) is 2.52. The first kappa shape index (κ1) is 15.9. The molecule has 1 aromatic heterocycles. The number of rotatable bonds is 3. The summed E-state index contributed by atoms with van der Waals surface area (Å²) in [5, 5.41) is 3.30. The second-order valence-electron chi connectivity index (χ2n) is 5.40. The lowest BCUT2D eigenvalue weighted by Gasteiger charge is -2.35. The highest BCUT2D eigenvalue weighted by molar-refractivity contribution is 7.80. The van der Waals surface area contributed by atoms with Gasteiger partial charge in [-0.2, -0.15) is 0 Å². The Morgan fingerprint density at radius 2 is 1.96 bits per heavy atom. The van der Waals surface area contributed by atoms with Crippen molar-refractivity contribution in [3.63, 3.8) is 0 Å². The highest BCUT2D eigenvalue weighted by Gasteiger charge is 2.20. The molecule has 4 nitrogen and oxygen atoms in total. The van der Waals surface area contributed by atoms with Crippen molar-refractivity contribution in [2.45, 2.75) is 6.54 Å². The summed E-state index contributed by atoms with van der Waals surface area (Å²) >= 11 is 5.32. The lowest BCUT2D eigenvalue weighted by atomic mass is 10.3. The highest BCUT2D eigenvalue weighted by atomic mass is 32.1. The molecule has 2 heterocycles. The molecule has 1 aliphatic heterocycles. The Kier molecular flexibility index (Phi) is 4.88. The molecule has 122 valence electrons. The molecule has 2 aromatic rings. The maximum absolute atomic E-state index is 13.7. The van der Waals surface area contributed by atoms with Crippen molar-refractivity contribution in [3.8, 4) is 0 Å². The van der Waals surface area contributed by atoms with Gasteiger partial charge in [-0.25, -0.2) is 8.78 Å². The Morgan fingerprint density at radius 3 is 2.61 bits per heavy atom. The van der Waals surface area contributed by atoms with Crippen molar-refractivity contribution < 1.29 is 13.2 Å². The zero-order valence-corrected chi connectivity index (χ0v) is 13.3. The zero-order valence-electron chi connectivity index (χ0n) is 12.5. The van der Waals surface area contributed by atoms with Crippen LogP contribution in [0.3, 0.4) is 0 Å². The van der Waals surface area contributed by atoms with E-state index in [1.54, 1.807) is 6.26 Å². The molecule has 23 heavy (non-hydrogen) atoms. The van der Waals surface area contributed by atoms with E-state index in [4.69, 9.17) is 16.6 Å². The van der Waals surface area contributed by atoms with Crippen LogP contribution in [0.5, 0.6) is 0 Å². The van der Waals surface area contributed by atoms with Gasteiger partial charge in [-0.1, -0.05) is 0 Å². The molecule has 1 aliphatic rings. The number of thiocarbonyl (C=S) groups is 1. The average Bonchev–Trinajstić information content (AvgIpc) is 3.04. The molecule has 0 amide bonds. The predicted molar refractivity (Wildman–Crippen MR) is 88.1 cm³/mol. The van der Waals surface area contributed by atoms with Crippen molar-refractivity contribution >= 4 is 23.0 Å². The average molecular weight is 337 g/mol. The van der Waals surface area contributed by atoms with Gasteiger partial charge >= 0.3 is 0 Å². The van der Waals surface area contributed by atoms with Crippen molar-refractivity contribution in [2.75, 3.05) is 31.5 Å². The molecule has 0 aliphatic carbocycles. The smallest absolute Gasteiger partial charge is 0.173 e. The number of anilines is 1. The lowest BCUT2D eigenvalue weighted by molar-refractivity contribution is 0.166. The number of piperazine rings is 1. The summed E-state index contributed by atoms with van der Waals surface area (Å²) in [6, 6.07) is 7.23. The van der Waals surface area contributed by atoms with Crippen LogP contribution in [-0.2, 0) is 6.54 Å². The highest BCUT2D eigenvalue weighted by Crippen LogP contribution is 2.16. The first-order valence-corrected chi connectivity index (χ1v) is 7.78. The predicted octanol–water partition coefficient (Wildman–Crippen LogP) is 3.07. The van der Waals surface area contributed by atoms with Crippen LogP contribution >= 0.6 is 12.2 Å². The van der Waals surface area contributed by atoms with E-state index in [2.05, 4.69) is 10.2 Å². The molecule has 1 fully saturated rings. The van der Waals surface area contributed by atoms with E-state index in [0.717, 1.165) is 44.6 Å². The van der Waals surface area contributed by atoms with Crippen LogP contribution in [-0.4, -0.2) is 41.1 Å². The van der Waals surface area contributed by atoms with Gasteiger partial charge in [0.15, 0.2) is 5.11 Å². The number of hydrogen-bond acceptors (Lipinski definition) is 3. The van der Waals surface area contributed by atoms with Crippen LogP contribution in [0.2, 0.25) is 0 Å². The molecule has 0 atom stereocenters. The van der Waals surface area contributed by atoms with Crippen LogP contribution in [0.1, 0.15) is 5.76 Å². The van der Waals surface area contributed by atoms with Crippen molar-refractivity contribution in [2.24, 2.45) is 0 Å². The monoisotopic (exact) mass is 337 g/mol. The minimum absolute atomic E-state index is 0.189. The molecule has 3 rings (SSSR count). The largest absolute Gasteiger partial charge is 0.468 e. The molecule has 0 radical (unpaired) electrons. The first-order valence-electron chi connectivity index (χ1n) is 7.37. The van der Waals surface area contributed by atoms with E-state index >= 15 is 0 Å². The Bertz CT molecular complexity index is 670. The Balaban J connectivity index is 1.51. The third-order valence-corrected chi connectivity index (χ3v) is 4.15. The van der Waals surface area contributed by atoms with Crippen LogP contribution in [0, 0.1) is 11.6 Å². The normalized spacial score (nSPS) is 15.7. The summed E-state index contributed by atoms with van der Waals surface area (Å²) in [7, 11) is 0. The fraction of sp³-hybridized carbons (Fsp3) is 0.312. The summed E-state index contributed by atoms with van der Waals surface area (Å²) in [5.41, 5.74) is 0.189. The van der Waals surface area contributed by atoms with Crippen LogP contribution in [0.4, 0.5) is 14.5 Å². The van der Waals surface area contributed by atoms with Crippen LogP contribution in [0.25, 0.3) is 0 Å². The molecule has 0 unspecified atom stereocenters. The van der Waals surface area contributed by atoms with Crippen molar-refractivity contribution in [3.05, 3.63) is 54.0 Å². The van der Waals surface area contributed by atoms with Gasteiger partial charge in [-0.05, 0) is 36.5 Å². The van der Waals surface area contributed by atoms with Gasteiger partial charge in [-0.15, -0.1) is 0 Å². The number of furan rings is 1. The van der Waals surface area contributed by atoms with E-state index in [1.165, 1.54) is 12.1 Å². The molecule has 0 spiro atoms. The Hall–Kier alpha value is -1.99. The summed E-state index contributed by atoms with van der Waals surface area (Å²) < 4.78 is 31.9. The van der Waals surface area contributed by atoms with Gasteiger partial charge in [0.2, 0.25) is 0 Å². The van der Waals surface area contributed by atoms with E-state index in [1.807, 2.05) is 17.0 Å². The minimum Gasteiger partial charge on any atom is -0.468 e. The maximum Gasteiger partial charge on any atom is 0.173 e. The number of hydrogen-bond donors (Lipinski definition) is 1. The summed E-state index contributed by atoms with van der Waals surface area (Å²) in [6.07, 6.45) is 1.67. The number of nitrogens with one attached hydrogen (secondary N) is 1. The molecular formula is C16H17F2N3OS. The first-order chi connectivity index (χ1) is 11.1. The van der Waals surface area contributed by atoms with E-state index in [0.29, 0.717) is 5.11 Å². The van der Waals surface area contributed by atoms with Crippen LogP contribution < -0.4 is 5.32 Å². The molecule has 1 saturated heterocycles. The summed E-state index contributed by atoms with van der Waals surface area (Å²) in [5.74, 6) is -0.318. The van der Waals surface area contributed by atoms with Gasteiger partial charge < -0.3 is 14.6 Å². The number of halogens is 2. The third kappa shape index (κ3) is 4.05. The minimum atomic E-state index is -0.649. The molecule has 1 N–H and O–H groups in total. The van der Waals surface area contributed by atoms with Crippen LogP contribution in [0.15, 0.2) is 41.0 Å². The molecule has 7 heteroatoms. The fourth-order valence-corrected chi connectivity index (χ4v) is 2.81. The van der Waals surface area contributed by atoms with E-state index in [9.17, 15) is 8.78 Å². The lowest BCUT2D eigenvalue weighted by Crippen LogP contribution is -2.49. The van der Waals surface area contributed by atoms with Gasteiger partial charge in [0.25, 0.3) is 0 Å². The van der Waals surface area contributed by atoms with Gasteiger partial charge in [0.1, 0.15) is 17.4 Å². The standard InChI is InChI=1S/C16H17F2N3OS/c17-12-3-4-15(14(18)10-12)19-16(23)21-7-5-20(6-8-21)11-13-2-1-9-22-13/h1-4,9-10H,5-8,11H2,(H,19,23). The zero-order chi connectivity index (χ0) is 16.2. The molecule has 1 aromatic carbocycles. The van der Waals surface area contributed by atoms with E-state index in [-0.39, 0.29) is 5.69 Å². The maximum atomic E-state index is 13.7. The summed E-state index contributed by atoms with van der Waals surface area (Å²) in [4.78, 5) is 4.26. The van der Waals surface area contributed by atoms with Crippen molar-refractivity contribution in [1.29, 1.82) is 0 Å².